The van der Waals surface area contributed by atoms with E-state index in [1.165, 1.54) is 12.1 Å². The predicted octanol–water partition coefficient (Wildman–Crippen LogP) is 2.73. The lowest BCUT2D eigenvalue weighted by atomic mass is 10.1. The van der Waals surface area contributed by atoms with Crippen LogP contribution in [0, 0.1) is 0 Å². The smallest absolute Gasteiger partial charge is 0.282 e. The van der Waals surface area contributed by atoms with Crippen LogP contribution in [0.1, 0.15) is 5.56 Å². The molecule has 0 fully saturated rings. The number of rotatable bonds is 2. The second kappa shape index (κ2) is 3.73. The summed E-state index contributed by atoms with van der Waals surface area (Å²) >= 11 is 0. The van der Waals surface area contributed by atoms with E-state index in [-0.39, 0.29) is 4.90 Å². The molecule has 0 aliphatic carbocycles. The van der Waals surface area contributed by atoms with Gasteiger partial charge in [-0.15, -0.1) is 0 Å². The summed E-state index contributed by atoms with van der Waals surface area (Å²) in [5.74, 6) is 0. The van der Waals surface area contributed by atoms with Crippen molar-refractivity contribution in [2.75, 3.05) is 0 Å². The van der Waals surface area contributed by atoms with Crippen molar-refractivity contribution in [3.63, 3.8) is 0 Å². The van der Waals surface area contributed by atoms with Crippen LogP contribution < -0.4 is 0 Å². The van der Waals surface area contributed by atoms with Gasteiger partial charge in [-0.25, -0.2) is 0 Å². The first kappa shape index (κ1) is 10.9. The molecule has 1 N–H and O–H groups in total. The first-order chi connectivity index (χ1) is 7.52. The molecule has 82 valence electrons. The average molecular weight is 234 g/mol. The molecular weight excluding hydrogens is 224 g/mol. The minimum absolute atomic E-state index is 0.0961. The van der Waals surface area contributed by atoms with Gasteiger partial charge in [0.05, 0.1) is 4.90 Å². The van der Waals surface area contributed by atoms with E-state index >= 15 is 0 Å². The highest BCUT2D eigenvalue weighted by Gasteiger charge is 2.10. The lowest BCUT2D eigenvalue weighted by Gasteiger charge is -2.03. The van der Waals surface area contributed by atoms with Gasteiger partial charge in [0, 0.05) is 0 Å². The topological polar surface area (TPSA) is 54.4 Å². The summed E-state index contributed by atoms with van der Waals surface area (Å²) < 4.78 is 30.9. The first-order valence-electron chi connectivity index (χ1n) is 4.65. The molecule has 0 heterocycles. The largest absolute Gasteiger partial charge is 0.294 e. The van der Waals surface area contributed by atoms with Gasteiger partial charge in [-0.2, -0.15) is 8.42 Å². The molecule has 0 aliphatic rings. The lowest BCUT2D eigenvalue weighted by molar-refractivity contribution is 0.483. The Morgan fingerprint density at radius 1 is 1.19 bits per heavy atom. The standard InChI is InChI=1S/C12H10O3S/c1-2-9-4-3-5-10-8-11(16(13,14)15)6-7-12(9)10/h2-8H,1H2,(H,13,14,15). The molecule has 0 saturated carbocycles. The molecule has 2 aromatic rings. The zero-order valence-electron chi connectivity index (χ0n) is 8.42. The van der Waals surface area contributed by atoms with Crippen molar-refractivity contribution in [3.05, 3.63) is 48.5 Å². The maximum absolute atomic E-state index is 11.0. The van der Waals surface area contributed by atoms with Crippen LogP contribution >= 0.6 is 0 Å². The number of fused-ring (bicyclic) bond motifs is 1. The van der Waals surface area contributed by atoms with Crippen molar-refractivity contribution in [3.8, 4) is 0 Å². The van der Waals surface area contributed by atoms with Crippen LogP contribution in [0.15, 0.2) is 47.9 Å². The molecule has 0 bridgehead atoms. The first-order valence-corrected chi connectivity index (χ1v) is 6.09. The van der Waals surface area contributed by atoms with E-state index in [1.807, 2.05) is 12.1 Å². The van der Waals surface area contributed by atoms with E-state index in [0.717, 1.165) is 16.3 Å². The van der Waals surface area contributed by atoms with Crippen LogP contribution in [-0.2, 0) is 10.1 Å². The van der Waals surface area contributed by atoms with Gasteiger partial charge in [-0.05, 0) is 28.5 Å². The second-order valence-corrected chi connectivity index (χ2v) is 4.83. The maximum atomic E-state index is 11.0. The van der Waals surface area contributed by atoms with Crippen molar-refractivity contribution >= 4 is 27.0 Å². The highest BCUT2D eigenvalue weighted by Crippen LogP contribution is 2.22. The van der Waals surface area contributed by atoms with Gasteiger partial charge in [-0.3, -0.25) is 4.55 Å². The van der Waals surface area contributed by atoms with Gasteiger partial charge < -0.3 is 0 Å². The fourth-order valence-corrected chi connectivity index (χ4v) is 2.14. The van der Waals surface area contributed by atoms with Gasteiger partial charge >= 0.3 is 0 Å². The zero-order valence-corrected chi connectivity index (χ0v) is 9.24. The summed E-state index contributed by atoms with van der Waals surface area (Å²) in [7, 11) is -4.14. The third-order valence-electron chi connectivity index (χ3n) is 2.40. The summed E-state index contributed by atoms with van der Waals surface area (Å²) in [4.78, 5) is -0.0961. The molecule has 3 nitrogen and oxygen atoms in total. The molecule has 0 unspecified atom stereocenters. The molecule has 4 heteroatoms. The third-order valence-corrected chi connectivity index (χ3v) is 3.25. The second-order valence-electron chi connectivity index (χ2n) is 3.41. The van der Waals surface area contributed by atoms with Crippen LogP contribution in [0.3, 0.4) is 0 Å². The summed E-state index contributed by atoms with van der Waals surface area (Å²) in [6, 6.07) is 9.98. The number of hydrogen-bond acceptors (Lipinski definition) is 2. The van der Waals surface area contributed by atoms with Gasteiger partial charge in [0.15, 0.2) is 0 Å². The van der Waals surface area contributed by atoms with Crippen LogP contribution in [0.2, 0.25) is 0 Å². The number of benzene rings is 2. The van der Waals surface area contributed by atoms with Crippen LogP contribution in [0.5, 0.6) is 0 Å². The highest BCUT2D eigenvalue weighted by molar-refractivity contribution is 7.85. The Balaban J connectivity index is 2.79. The van der Waals surface area contributed by atoms with E-state index < -0.39 is 10.1 Å². The fraction of sp³-hybridized carbons (Fsp3) is 0. The molecule has 0 aromatic heterocycles. The molecule has 0 saturated heterocycles. The Bertz CT molecular complexity index is 657. The quantitative estimate of drug-likeness (QED) is 0.813. The molecule has 0 aliphatic heterocycles. The molecule has 0 radical (unpaired) electrons. The molecule has 2 rings (SSSR count). The van der Waals surface area contributed by atoms with E-state index in [4.69, 9.17) is 4.55 Å². The van der Waals surface area contributed by atoms with E-state index in [0.29, 0.717) is 0 Å². The normalized spacial score (nSPS) is 11.6. The fourth-order valence-electron chi connectivity index (χ4n) is 1.63. The molecule has 2 aromatic carbocycles. The Hall–Kier alpha value is -1.65. The highest BCUT2D eigenvalue weighted by atomic mass is 32.2. The molecule has 0 amide bonds. The zero-order chi connectivity index (χ0) is 11.8. The Morgan fingerprint density at radius 3 is 2.56 bits per heavy atom. The van der Waals surface area contributed by atoms with Gasteiger partial charge in [0.25, 0.3) is 10.1 Å². The van der Waals surface area contributed by atoms with E-state index in [2.05, 4.69) is 6.58 Å². The van der Waals surface area contributed by atoms with Crippen LogP contribution in [0.4, 0.5) is 0 Å². The van der Waals surface area contributed by atoms with Crippen molar-refractivity contribution < 1.29 is 13.0 Å². The van der Waals surface area contributed by atoms with Crippen molar-refractivity contribution in [1.29, 1.82) is 0 Å². The van der Waals surface area contributed by atoms with Crippen LogP contribution in [0.25, 0.3) is 16.8 Å². The SMILES string of the molecule is C=Cc1cccc2cc(S(=O)(=O)O)ccc12. The molecule has 0 spiro atoms. The van der Waals surface area contributed by atoms with Crippen molar-refractivity contribution in [2.45, 2.75) is 4.90 Å². The average Bonchev–Trinajstić information content (AvgIpc) is 2.26. The summed E-state index contributed by atoms with van der Waals surface area (Å²) in [5.41, 5.74) is 0.930. The van der Waals surface area contributed by atoms with Gasteiger partial charge in [0.1, 0.15) is 0 Å². The van der Waals surface area contributed by atoms with Crippen molar-refractivity contribution in [1.82, 2.24) is 0 Å². The monoisotopic (exact) mass is 234 g/mol. The molecular formula is C12H10O3S. The van der Waals surface area contributed by atoms with Crippen molar-refractivity contribution in [2.24, 2.45) is 0 Å². The number of hydrogen-bond donors (Lipinski definition) is 1. The van der Waals surface area contributed by atoms with Gasteiger partial charge in [0.2, 0.25) is 0 Å². The Kier molecular flexibility index (Phi) is 2.53. The molecule has 16 heavy (non-hydrogen) atoms. The predicted molar refractivity (Wildman–Crippen MR) is 63.9 cm³/mol. The van der Waals surface area contributed by atoms with E-state index in [1.54, 1.807) is 18.2 Å². The Labute approximate surface area is 93.8 Å². The van der Waals surface area contributed by atoms with Gasteiger partial charge in [-0.1, -0.05) is 36.9 Å². The minimum atomic E-state index is -4.14. The summed E-state index contributed by atoms with van der Waals surface area (Å²) in [6.07, 6.45) is 1.70. The summed E-state index contributed by atoms with van der Waals surface area (Å²) in [5, 5.41) is 1.66. The third kappa shape index (κ3) is 1.85. The van der Waals surface area contributed by atoms with Crippen LogP contribution in [-0.4, -0.2) is 13.0 Å². The summed E-state index contributed by atoms with van der Waals surface area (Å²) in [6.45, 7) is 3.68. The maximum Gasteiger partial charge on any atom is 0.294 e. The van der Waals surface area contributed by atoms with E-state index in [9.17, 15) is 8.42 Å². The lowest BCUT2D eigenvalue weighted by Crippen LogP contribution is -1.97. The Morgan fingerprint density at radius 2 is 1.94 bits per heavy atom. The molecule has 0 atom stereocenters. The minimum Gasteiger partial charge on any atom is -0.282 e.